The Morgan fingerprint density at radius 1 is 1.08 bits per heavy atom. The monoisotopic (exact) mass is 328 g/mol. The molecule has 0 amide bonds. The molecule has 3 fully saturated rings. The highest BCUT2D eigenvalue weighted by atomic mass is 16.1. The number of fused-ring (bicyclic) bond motifs is 5. The Bertz CT molecular complexity index is 546. The van der Waals surface area contributed by atoms with Crippen LogP contribution in [0.3, 0.4) is 0 Å². The van der Waals surface area contributed by atoms with E-state index >= 15 is 0 Å². The number of hydrogen-bond acceptors (Lipinski definition) is 1. The highest BCUT2D eigenvalue weighted by Crippen LogP contribution is 2.64. The SMILES string of the molecule is CCCCC1CC[C@@]2(C)C(=CC[C@@H]3[C@H]2CC[C@]2(C)C(=O)CC[C@@H]32)C1. The van der Waals surface area contributed by atoms with Gasteiger partial charge in [-0.15, -0.1) is 0 Å². The van der Waals surface area contributed by atoms with Crippen molar-refractivity contribution >= 4 is 5.78 Å². The number of unbranched alkanes of at least 4 members (excludes halogenated alkanes) is 1. The normalized spacial score (nSPS) is 47.6. The average Bonchev–Trinajstić information content (AvgIpc) is 2.88. The number of Topliss-reactive ketones (excluding diaryl/α,β-unsaturated/α-hetero) is 1. The van der Waals surface area contributed by atoms with Crippen LogP contribution in [-0.2, 0) is 4.79 Å². The minimum atomic E-state index is 0.0290. The van der Waals surface area contributed by atoms with Crippen molar-refractivity contribution in [2.45, 2.75) is 91.4 Å². The molecule has 0 radical (unpaired) electrons. The molecule has 24 heavy (non-hydrogen) atoms. The van der Waals surface area contributed by atoms with Gasteiger partial charge in [-0.1, -0.05) is 51.7 Å². The van der Waals surface area contributed by atoms with E-state index in [0.29, 0.717) is 17.1 Å². The maximum Gasteiger partial charge on any atom is 0.139 e. The first-order chi connectivity index (χ1) is 11.5. The molecular formula is C23H36O. The smallest absolute Gasteiger partial charge is 0.139 e. The van der Waals surface area contributed by atoms with Gasteiger partial charge >= 0.3 is 0 Å². The number of carbonyl (C=O) groups is 1. The van der Waals surface area contributed by atoms with Gasteiger partial charge in [-0.2, -0.15) is 0 Å². The standard InChI is InChI=1S/C23H36O/c1-4-5-6-16-11-13-22(2)17(15-16)7-8-18-19-9-10-21(24)23(19,3)14-12-20(18)22/h7,16,18-20H,4-6,8-15H2,1-3H3/t16?,18-,19-,20+,22-,23-/m0/s1. The molecule has 0 bridgehead atoms. The van der Waals surface area contributed by atoms with Crippen LogP contribution in [0.5, 0.6) is 0 Å². The van der Waals surface area contributed by atoms with Gasteiger partial charge in [-0.3, -0.25) is 4.79 Å². The molecule has 0 N–H and O–H groups in total. The summed E-state index contributed by atoms with van der Waals surface area (Å²) in [7, 11) is 0. The van der Waals surface area contributed by atoms with Crippen LogP contribution in [-0.4, -0.2) is 5.78 Å². The van der Waals surface area contributed by atoms with E-state index in [-0.39, 0.29) is 5.41 Å². The van der Waals surface area contributed by atoms with Crippen LogP contribution >= 0.6 is 0 Å². The van der Waals surface area contributed by atoms with Crippen LogP contribution in [0.25, 0.3) is 0 Å². The largest absolute Gasteiger partial charge is 0.299 e. The summed E-state index contributed by atoms with van der Waals surface area (Å²) in [5.41, 5.74) is 2.30. The van der Waals surface area contributed by atoms with Gasteiger partial charge in [0.2, 0.25) is 0 Å². The molecule has 6 atom stereocenters. The van der Waals surface area contributed by atoms with Crippen molar-refractivity contribution < 1.29 is 4.79 Å². The van der Waals surface area contributed by atoms with Gasteiger partial charge in [0, 0.05) is 11.8 Å². The van der Waals surface area contributed by atoms with Gasteiger partial charge in [-0.25, -0.2) is 0 Å². The van der Waals surface area contributed by atoms with Crippen molar-refractivity contribution in [3.63, 3.8) is 0 Å². The molecule has 0 saturated heterocycles. The second-order valence-electron chi connectivity index (χ2n) is 9.93. The number of allylic oxidation sites excluding steroid dienone is 2. The molecule has 1 heteroatoms. The van der Waals surface area contributed by atoms with Gasteiger partial charge in [0.1, 0.15) is 5.78 Å². The molecule has 4 aliphatic rings. The highest BCUT2D eigenvalue weighted by molar-refractivity contribution is 5.87. The summed E-state index contributed by atoms with van der Waals surface area (Å²) in [4.78, 5) is 12.5. The molecule has 0 heterocycles. The summed E-state index contributed by atoms with van der Waals surface area (Å²) < 4.78 is 0. The van der Waals surface area contributed by atoms with Gasteiger partial charge in [0.25, 0.3) is 0 Å². The van der Waals surface area contributed by atoms with E-state index in [1.54, 1.807) is 0 Å². The van der Waals surface area contributed by atoms with E-state index < -0.39 is 0 Å². The van der Waals surface area contributed by atoms with Crippen molar-refractivity contribution in [3.05, 3.63) is 11.6 Å². The fourth-order valence-electron chi connectivity index (χ4n) is 7.25. The van der Waals surface area contributed by atoms with E-state index in [1.165, 1.54) is 64.2 Å². The number of carbonyl (C=O) groups excluding carboxylic acids is 1. The van der Waals surface area contributed by atoms with Crippen molar-refractivity contribution in [2.75, 3.05) is 0 Å². The maximum atomic E-state index is 12.5. The summed E-state index contributed by atoms with van der Waals surface area (Å²) in [6, 6.07) is 0. The first kappa shape index (κ1) is 16.9. The third kappa shape index (κ3) is 2.36. The topological polar surface area (TPSA) is 17.1 Å². The van der Waals surface area contributed by atoms with Crippen molar-refractivity contribution in [3.8, 4) is 0 Å². The molecule has 0 aromatic rings. The molecule has 0 aromatic heterocycles. The van der Waals surface area contributed by atoms with Gasteiger partial charge < -0.3 is 0 Å². The van der Waals surface area contributed by atoms with E-state index in [0.717, 1.165) is 24.2 Å². The molecule has 4 aliphatic carbocycles. The fraction of sp³-hybridized carbons (Fsp3) is 0.870. The van der Waals surface area contributed by atoms with Crippen LogP contribution < -0.4 is 0 Å². The lowest BCUT2D eigenvalue weighted by Gasteiger charge is -2.57. The number of rotatable bonds is 3. The highest BCUT2D eigenvalue weighted by Gasteiger charge is 2.58. The van der Waals surface area contributed by atoms with Crippen molar-refractivity contribution in [2.24, 2.45) is 34.5 Å². The Hall–Kier alpha value is -0.590. The Morgan fingerprint density at radius 3 is 2.62 bits per heavy atom. The van der Waals surface area contributed by atoms with E-state index in [1.807, 2.05) is 5.57 Å². The van der Waals surface area contributed by atoms with Gasteiger partial charge in [-0.05, 0) is 74.0 Å². The van der Waals surface area contributed by atoms with Crippen LogP contribution in [0, 0.1) is 34.5 Å². The zero-order valence-electron chi connectivity index (χ0n) is 16.1. The predicted octanol–water partition coefficient (Wildman–Crippen LogP) is 6.32. The lowest BCUT2D eigenvalue weighted by molar-refractivity contribution is -0.131. The third-order valence-corrected chi connectivity index (χ3v) is 8.88. The molecule has 1 nitrogen and oxygen atoms in total. The Kier molecular flexibility index (Phi) is 4.21. The van der Waals surface area contributed by atoms with E-state index in [9.17, 15) is 4.79 Å². The Labute approximate surface area is 148 Å². The molecule has 0 aromatic carbocycles. The summed E-state index contributed by atoms with van der Waals surface area (Å²) in [6.07, 6.45) is 16.8. The first-order valence-corrected chi connectivity index (χ1v) is 10.7. The van der Waals surface area contributed by atoms with Crippen LogP contribution in [0.2, 0.25) is 0 Å². The summed E-state index contributed by atoms with van der Waals surface area (Å²) in [5.74, 6) is 3.85. The minimum absolute atomic E-state index is 0.0290. The number of ketones is 1. The molecule has 1 unspecified atom stereocenters. The third-order valence-electron chi connectivity index (χ3n) is 8.88. The van der Waals surface area contributed by atoms with Crippen molar-refractivity contribution in [1.29, 1.82) is 0 Å². The van der Waals surface area contributed by atoms with Crippen LogP contribution in [0.4, 0.5) is 0 Å². The average molecular weight is 329 g/mol. The second-order valence-corrected chi connectivity index (χ2v) is 9.93. The molecule has 3 saturated carbocycles. The molecular weight excluding hydrogens is 292 g/mol. The summed E-state index contributed by atoms with van der Waals surface area (Å²) in [5, 5.41) is 0. The molecule has 0 aliphatic heterocycles. The number of hydrogen-bond donors (Lipinski definition) is 0. The zero-order valence-corrected chi connectivity index (χ0v) is 16.1. The predicted molar refractivity (Wildman–Crippen MR) is 99.7 cm³/mol. The molecule has 134 valence electrons. The lowest BCUT2D eigenvalue weighted by Crippen LogP contribution is -2.50. The lowest BCUT2D eigenvalue weighted by atomic mass is 9.47. The summed E-state index contributed by atoms with van der Waals surface area (Å²) >= 11 is 0. The first-order valence-electron chi connectivity index (χ1n) is 10.7. The van der Waals surface area contributed by atoms with Gasteiger partial charge in [0.15, 0.2) is 0 Å². The van der Waals surface area contributed by atoms with Gasteiger partial charge in [0.05, 0.1) is 0 Å². The molecule has 0 spiro atoms. The van der Waals surface area contributed by atoms with E-state index in [2.05, 4.69) is 26.8 Å². The maximum absolute atomic E-state index is 12.5. The second kappa shape index (κ2) is 5.99. The molecule has 4 rings (SSSR count). The Balaban J connectivity index is 1.56. The van der Waals surface area contributed by atoms with E-state index in [4.69, 9.17) is 0 Å². The zero-order chi connectivity index (χ0) is 16.9. The Morgan fingerprint density at radius 2 is 1.83 bits per heavy atom. The van der Waals surface area contributed by atoms with Crippen LogP contribution in [0.1, 0.15) is 91.4 Å². The fourth-order valence-corrected chi connectivity index (χ4v) is 7.25. The minimum Gasteiger partial charge on any atom is -0.299 e. The summed E-state index contributed by atoms with van der Waals surface area (Å²) in [6.45, 7) is 7.21. The van der Waals surface area contributed by atoms with Crippen molar-refractivity contribution in [1.82, 2.24) is 0 Å². The van der Waals surface area contributed by atoms with Crippen LogP contribution in [0.15, 0.2) is 11.6 Å². The quantitative estimate of drug-likeness (QED) is 0.554.